The number of hydrogen-bond acceptors (Lipinski definition) is 3. The van der Waals surface area contributed by atoms with Crippen LogP contribution in [0.1, 0.15) is 38.7 Å². The lowest BCUT2D eigenvalue weighted by atomic mass is 9.84. The fourth-order valence-electron chi connectivity index (χ4n) is 3.28. The second-order valence-corrected chi connectivity index (χ2v) is 6.06. The first kappa shape index (κ1) is 16.3. The lowest BCUT2D eigenvalue weighted by Gasteiger charge is -2.44. The molecule has 2 rings (SSSR count). The van der Waals surface area contributed by atoms with Crippen LogP contribution in [0.15, 0.2) is 18.2 Å². The average molecular weight is 297 g/mol. The van der Waals surface area contributed by atoms with Crippen LogP contribution < -0.4 is 11.3 Å². The molecule has 5 heteroatoms. The minimum absolute atomic E-state index is 0.0828. The van der Waals surface area contributed by atoms with Gasteiger partial charge in [-0.2, -0.15) is 0 Å². The Labute approximate surface area is 125 Å². The van der Waals surface area contributed by atoms with Gasteiger partial charge in [-0.3, -0.25) is 16.2 Å². The van der Waals surface area contributed by atoms with E-state index >= 15 is 0 Å². The standard InChI is InChI=1S/C16H25F2N3/c1-3-16(2,21-8-4-5-9-21)15(20-19)10-12-6-7-13(17)11-14(12)18/h6-7,11,15,20H,3-5,8-10,19H2,1-2H3. The molecular weight excluding hydrogens is 272 g/mol. The molecule has 1 aromatic carbocycles. The molecule has 0 saturated carbocycles. The molecule has 0 aromatic heterocycles. The number of hydrazine groups is 1. The fourth-order valence-corrected chi connectivity index (χ4v) is 3.28. The number of nitrogens with one attached hydrogen (secondary N) is 1. The van der Waals surface area contributed by atoms with Gasteiger partial charge in [-0.1, -0.05) is 13.0 Å². The Morgan fingerprint density at radius 2 is 2.00 bits per heavy atom. The second-order valence-electron chi connectivity index (χ2n) is 6.06. The molecule has 1 heterocycles. The number of halogens is 2. The van der Waals surface area contributed by atoms with Crippen LogP contribution in [0.4, 0.5) is 8.78 Å². The minimum Gasteiger partial charge on any atom is -0.296 e. The van der Waals surface area contributed by atoms with Gasteiger partial charge in [0, 0.05) is 17.6 Å². The van der Waals surface area contributed by atoms with Gasteiger partial charge in [0.05, 0.1) is 0 Å². The second kappa shape index (κ2) is 6.81. The van der Waals surface area contributed by atoms with E-state index in [-0.39, 0.29) is 11.6 Å². The molecule has 1 aliphatic rings. The Balaban J connectivity index is 2.20. The van der Waals surface area contributed by atoms with Gasteiger partial charge in [0.25, 0.3) is 0 Å². The first-order chi connectivity index (χ1) is 10.0. The molecule has 3 nitrogen and oxygen atoms in total. The zero-order chi connectivity index (χ0) is 15.5. The summed E-state index contributed by atoms with van der Waals surface area (Å²) in [6.45, 7) is 6.40. The molecule has 2 unspecified atom stereocenters. The van der Waals surface area contributed by atoms with Crippen LogP contribution >= 0.6 is 0 Å². The molecule has 3 N–H and O–H groups in total. The monoisotopic (exact) mass is 297 g/mol. The van der Waals surface area contributed by atoms with Crippen molar-refractivity contribution in [2.24, 2.45) is 5.84 Å². The van der Waals surface area contributed by atoms with Gasteiger partial charge in [-0.15, -0.1) is 0 Å². The van der Waals surface area contributed by atoms with E-state index in [0.717, 1.165) is 25.6 Å². The van der Waals surface area contributed by atoms with Gasteiger partial charge in [-0.05, 0) is 57.3 Å². The van der Waals surface area contributed by atoms with Gasteiger partial charge < -0.3 is 0 Å². The summed E-state index contributed by atoms with van der Waals surface area (Å²) in [5.74, 6) is 4.70. The van der Waals surface area contributed by atoms with Gasteiger partial charge in [0.15, 0.2) is 0 Å². The highest BCUT2D eigenvalue weighted by atomic mass is 19.1. The van der Waals surface area contributed by atoms with Crippen molar-refractivity contribution in [3.63, 3.8) is 0 Å². The molecule has 118 valence electrons. The van der Waals surface area contributed by atoms with Crippen molar-refractivity contribution >= 4 is 0 Å². The van der Waals surface area contributed by atoms with Crippen molar-refractivity contribution in [2.75, 3.05) is 13.1 Å². The number of nitrogens with zero attached hydrogens (tertiary/aromatic N) is 1. The number of hydrogen-bond donors (Lipinski definition) is 2. The topological polar surface area (TPSA) is 41.3 Å². The Bertz CT molecular complexity index is 475. The Morgan fingerprint density at radius 3 is 2.52 bits per heavy atom. The van der Waals surface area contributed by atoms with Crippen molar-refractivity contribution < 1.29 is 8.78 Å². The molecule has 0 amide bonds. The molecule has 21 heavy (non-hydrogen) atoms. The van der Waals surface area contributed by atoms with Crippen molar-refractivity contribution in [3.8, 4) is 0 Å². The number of benzene rings is 1. The molecule has 0 spiro atoms. The van der Waals surface area contributed by atoms with Gasteiger partial charge >= 0.3 is 0 Å². The van der Waals surface area contributed by atoms with Crippen LogP contribution in [0.25, 0.3) is 0 Å². The summed E-state index contributed by atoms with van der Waals surface area (Å²) >= 11 is 0. The highest BCUT2D eigenvalue weighted by Crippen LogP contribution is 2.29. The maximum absolute atomic E-state index is 13.9. The summed E-state index contributed by atoms with van der Waals surface area (Å²) in [5.41, 5.74) is 3.22. The predicted octanol–water partition coefficient (Wildman–Crippen LogP) is 2.60. The Hall–Kier alpha value is -1.04. The number of rotatable bonds is 6. The maximum atomic E-state index is 13.9. The Kier molecular flexibility index (Phi) is 5.30. The first-order valence-corrected chi connectivity index (χ1v) is 7.66. The van der Waals surface area contributed by atoms with E-state index in [4.69, 9.17) is 5.84 Å². The van der Waals surface area contributed by atoms with Crippen molar-refractivity contribution in [2.45, 2.75) is 51.1 Å². The zero-order valence-corrected chi connectivity index (χ0v) is 12.8. The summed E-state index contributed by atoms with van der Waals surface area (Å²) in [5, 5.41) is 0. The van der Waals surface area contributed by atoms with Crippen LogP contribution in [0.3, 0.4) is 0 Å². The average Bonchev–Trinajstić information content (AvgIpc) is 3.00. The molecule has 1 aliphatic heterocycles. The molecule has 0 aliphatic carbocycles. The first-order valence-electron chi connectivity index (χ1n) is 7.66. The SMILES string of the molecule is CCC(C)(C(Cc1ccc(F)cc1F)NN)N1CCCC1. The van der Waals surface area contributed by atoms with E-state index in [1.807, 2.05) is 0 Å². The van der Waals surface area contributed by atoms with E-state index in [2.05, 4.69) is 24.2 Å². The molecule has 1 fully saturated rings. The lowest BCUT2D eigenvalue weighted by Crippen LogP contribution is -2.61. The number of likely N-dealkylation sites (tertiary alicyclic amines) is 1. The van der Waals surface area contributed by atoms with E-state index in [1.165, 1.54) is 25.0 Å². The van der Waals surface area contributed by atoms with E-state index in [0.29, 0.717) is 12.0 Å². The minimum atomic E-state index is -0.550. The summed E-state index contributed by atoms with van der Waals surface area (Å²) in [6.07, 6.45) is 3.75. The normalized spacial score (nSPS) is 20.4. The molecule has 2 atom stereocenters. The van der Waals surface area contributed by atoms with Gasteiger partial charge in [-0.25, -0.2) is 8.78 Å². The van der Waals surface area contributed by atoms with Crippen LogP contribution in [-0.4, -0.2) is 29.6 Å². The lowest BCUT2D eigenvalue weighted by molar-refractivity contribution is 0.0837. The van der Waals surface area contributed by atoms with Gasteiger partial charge in [0.1, 0.15) is 11.6 Å². The third-order valence-electron chi connectivity index (χ3n) is 4.94. The summed E-state index contributed by atoms with van der Waals surface area (Å²) < 4.78 is 26.9. The van der Waals surface area contributed by atoms with Crippen molar-refractivity contribution in [3.05, 3.63) is 35.4 Å². The van der Waals surface area contributed by atoms with Crippen LogP contribution in [0, 0.1) is 11.6 Å². The van der Waals surface area contributed by atoms with E-state index in [9.17, 15) is 8.78 Å². The quantitative estimate of drug-likeness (QED) is 0.626. The van der Waals surface area contributed by atoms with E-state index < -0.39 is 11.6 Å². The largest absolute Gasteiger partial charge is 0.296 e. The third kappa shape index (κ3) is 3.42. The van der Waals surface area contributed by atoms with Crippen molar-refractivity contribution in [1.29, 1.82) is 0 Å². The third-order valence-corrected chi connectivity index (χ3v) is 4.94. The molecular formula is C16H25F2N3. The summed E-state index contributed by atoms with van der Waals surface area (Å²) in [7, 11) is 0. The Morgan fingerprint density at radius 1 is 1.33 bits per heavy atom. The molecule has 0 bridgehead atoms. The van der Waals surface area contributed by atoms with Crippen molar-refractivity contribution in [1.82, 2.24) is 10.3 Å². The van der Waals surface area contributed by atoms with Crippen LogP contribution in [0.2, 0.25) is 0 Å². The molecule has 1 aromatic rings. The van der Waals surface area contributed by atoms with Crippen LogP contribution in [-0.2, 0) is 6.42 Å². The number of nitrogens with two attached hydrogens (primary N) is 1. The predicted molar refractivity (Wildman–Crippen MR) is 80.7 cm³/mol. The molecule has 0 radical (unpaired) electrons. The fraction of sp³-hybridized carbons (Fsp3) is 0.625. The maximum Gasteiger partial charge on any atom is 0.129 e. The van der Waals surface area contributed by atoms with E-state index in [1.54, 1.807) is 0 Å². The van der Waals surface area contributed by atoms with Gasteiger partial charge in [0.2, 0.25) is 0 Å². The smallest absolute Gasteiger partial charge is 0.129 e. The summed E-state index contributed by atoms with van der Waals surface area (Å²) in [4.78, 5) is 2.43. The van der Waals surface area contributed by atoms with Crippen LogP contribution in [0.5, 0.6) is 0 Å². The molecule has 1 saturated heterocycles. The highest BCUT2D eigenvalue weighted by Gasteiger charge is 2.39. The zero-order valence-electron chi connectivity index (χ0n) is 12.8. The highest BCUT2D eigenvalue weighted by molar-refractivity contribution is 5.21. The summed E-state index contributed by atoms with van der Waals surface area (Å²) in [6, 6.07) is 3.66.